The molecule has 138 valence electrons. The van der Waals surface area contributed by atoms with Crippen LogP contribution in [-0.4, -0.2) is 19.3 Å². The predicted octanol–water partition coefficient (Wildman–Crippen LogP) is 3.58. The fourth-order valence-corrected chi connectivity index (χ4v) is 3.39. The monoisotopic (exact) mass is 385 g/mol. The number of hydrogen-bond acceptors (Lipinski definition) is 4. The van der Waals surface area contributed by atoms with Crippen molar-refractivity contribution in [2.45, 2.75) is 11.8 Å². The Morgan fingerprint density at radius 2 is 1.70 bits per heavy atom. The van der Waals surface area contributed by atoms with Crippen molar-refractivity contribution in [3.05, 3.63) is 83.8 Å². The lowest BCUT2D eigenvalue weighted by atomic mass is 10.1. The van der Waals surface area contributed by atoms with Gasteiger partial charge in [-0.3, -0.25) is 9.52 Å². The maximum absolute atomic E-state index is 13.0. The number of sulfonamides is 1. The van der Waals surface area contributed by atoms with Gasteiger partial charge in [-0.2, -0.15) is 0 Å². The Bertz CT molecular complexity index is 1070. The second-order valence-corrected chi connectivity index (χ2v) is 7.46. The number of nitrogens with zero attached hydrogens (tertiary/aromatic N) is 1. The number of amides is 1. The number of aryl methyl sites for hydroxylation is 1. The standard InChI is InChI=1S/C19H16FN3O3S/c1-13-6-11-18(21-12-13)22-19(24)16-4-2-3-5-17(16)23-27(25,26)15-9-7-14(20)8-10-15/h2-12,23H,1H3,(H,21,22,24). The molecule has 0 radical (unpaired) electrons. The number of anilines is 2. The summed E-state index contributed by atoms with van der Waals surface area (Å²) in [6, 6.07) is 14.0. The van der Waals surface area contributed by atoms with E-state index in [0.29, 0.717) is 5.82 Å². The van der Waals surface area contributed by atoms with Gasteiger partial charge in [-0.05, 0) is 55.0 Å². The first kappa shape index (κ1) is 18.5. The van der Waals surface area contributed by atoms with E-state index in [0.717, 1.165) is 29.8 Å². The Hall–Kier alpha value is -3.26. The quantitative estimate of drug-likeness (QED) is 0.703. The first-order valence-corrected chi connectivity index (χ1v) is 9.45. The van der Waals surface area contributed by atoms with Gasteiger partial charge in [0.05, 0.1) is 16.1 Å². The van der Waals surface area contributed by atoms with Crippen LogP contribution in [0.25, 0.3) is 0 Å². The van der Waals surface area contributed by atoms with Gasteiger partial charge in [-0.15, -0.1) is 0 Å². The number of hydrogen-bond donors (Lipinski definition) is 2. The number of aromatic nitrogens is 1. The number of carbonyl (C=O) groups excluding carboxylic acids is 1. The maximum atomic E-state index is 13.0. The van der Waals surface area contributed by atoms with Gasteiger partial charge in [-0.25, -0.2) is 17.8 Å². The third kappa shape index (κ3) is 4.48. The number of nitrogens with one attached hydrogen (secondary N) is 2. The van der Waals surface area contributed by atoms with Crippen molar-refractivity contribution < 1.29 is 17.6 Å². The van der Waals surface area contributed by atoms with Crippen molar-refractivity contribution >= 4 is 27.4 Å². The van der Waals surface area contributed by atoms with Gasteiger partial charge in [0.25, 0.3) is 15.9 Å². The fourth-order valence-electron chi connectivity index (χ4n) is 2.31. The highest BCUT2D eigenvalue weighted by Gasteiger charge is 2.19. The molecular formula is C19H16FN3O3S. The summed E-state index contributed by atoms with van der Waals surface area (Å²) < 4.78 is 40.4. The molecule has 3 aromatic rings. The molecule has 0 saturated heterocycles. The van der Waals surface area contributed by atoms with Crippen LogP contribution in [0.3, 0.4) is 0 Å². The second-order valence-electron chi connectivity index (χ2n) is 5.78. The molecule has 1 aromatic heterocycles. The summed E-state index contributed by atoms with van der Waals surface area (Å²) in [5, 5.41) is 2.62. The molecule has 3 rings (SSSR count). The normalized spacial score (nSPS) is 11.0. The molecule has 8 heteroatoms. The Morgan fingerprint density at radius 1 is 1.00 bits per heavy atom. The minimum absolute atomic E-state index is 0.103. The second kappa shape index (κ2) is 7.55. The van der Waals surface area contributed by atoms with Gasteiger partial charge in [-0.1, -0.05) is 18.2 Å². The molecule has 2 aromatic carbocycles. The van der Waals surface area contributed by atoms with Crippen LogP contribution < -0.4 is 10.0 Å². The Morgan fingerprint density at radius 3 is 2.37 bits per heavy atom. The van der Waals surface area contributed by atoms with E-state index in [1.807, 2.05) is 6.92 Å². The van der Waals surface area contributed by atoms with Gasteiger partial charge >= 0.3 is 0 Å². The van der Waals surface area contributed by atoms with Crippen LogP contribution in [0.2, 0.25) is 0 Å². The Kier molecular flexibility index (Phi) is 5.18. The molecule has 1 amide bonds. The molecule has 0 fully saturated rings. The first-order chi connectivity index (χ1) is 12.8. The van der Waals surface area contributed by atoms with E-state index in [2.05, 4.69) is 15.0 Å². The van der Waals surface area contributed by atoms with Crippen molar-refractivity contribution in [2.75, 3.05) is 10.0 Å². The Balaban J connectivity index is 1.86. The molecule has 27 heavy (non-hydrogen) atoms. The summed E-state index contributed by atoms with van der Waals surface area (Å²) in [6.45, 7) is 1.87. The molecule has 0 saturated carbocycles. The smallest absolute Gasteiger partial charge is 0.261 e. The number of halogens is 1. The highest BCUT2D eigenvalue weighted by Crippen LogP contribution is 2.21. The van der Waals surface area contributed by atoms with Crippen LogP contribution in [-0.2, 0) is 10.0 Å². The van der Waals surface area contributed by atoms with E-state index in [1.165, 1.54) is 12.1 Å². The summed E-state index contributed by atoms with van der Waals surface area (Å²) in [4.78, 5) is 16.5. The number of benzene rings is 2. The summed E-state index contributed by atoms with van der Waals surface area (Å²) in [5.41, 5.74) is 1.18. The lowest BCUT2D eigenvalue weighted by Gasteiger charge is -2.12. The largest absolute Gasteiger partial charge is 0.306 e. The van der Waals surface area contributed by atoms with Crippen LogP contribution in [0, 0.1) is 12.7 Å². The van der Waals surface area contributed by atoms with Crippen molar-refractivity contribution in [1.29, 1.82) is 0 Å². The van der Waals surface area contributed by atoms with Gasteiger partial charge in [0.2, 0.25) is 0 Å². The van der Waals surface area contributed by atoms with E-state index >= 15 is 0 Å². The molecule has 0 atom stereocenters. The molecule has 0 aliphatic carbocycles. The molecule has 0 spiro atoms. The zero-order valence-corrected chi connectivity index (χ0v) is 15.1. The highest BCUT2D eigenvalue weighted by molar-refractivity contribution is 7.92. The lowest BCUT2D eigenvalue weighted by Crippen LogP contribution is -2.19. The summed E-state index contributed by atoms with van der Waals surface area (Å²) in [6.07, 6.45) is 1.61. The van der Waals surface area contributed by atoms with Crippen molar-refractivity contribution in [1.82, 2.24) is 4.98 Å². The van der Waals surface area contributed by atoms with E-state index in [1.54, 1.807) is 30.5 Å². The summed E-state index contributed by atoms with van der Waals surface area (Å²) in [5.74, 6) is -0.704. The third-order valence-electron chi connectivity index (χ3n) is 3.69. The van der Waals surface area contributed by atoms with Gasteiger partial charge < -0.3 is 5.32 Å². The molecule has 0 aliphatic heterocycles. The van der Waals surface area contributed by atoms with Crippen LogP contribution in [0.15, 0.2) is 71.8 Å². The summed E-state index contributed by atoms with van der Waals surface area (Å²) in [7, 11) is -3.98. The molecular weight excluding hydrogens is 369 g/mol. The predicted molar refractivity (Wildman–Crippen MR) is 101 cm³/mol. The fraction of sp³-hybridized carbons (Fsp3) is 0.0526. The SMILES string of the molecule is Cc1ccc(NC(=O)c2ccccc2NS(=O)(=O)c2ccc(F)cc2)nc1. The van der Waals surface area contributed by atoms with E-state index < -0.39 is 21.7 Å². The average molecular weight is 385 g/mol. The van der Waals surface area contributed by atoms with Crippen molar-refractivity contribution in [2.24, 2.45) is 0 Å². The van der Waals surface area contributed by atoms with Crippen molar-refractivity contribution in [3.63, 3.8) is 0 Å². The van der Waals surface area contributed by atoms with E-state index in [9.17, 15) is 17.6 Å². The molecule has 6 nitrogen and oxygen atoms in total. The van der Waals surface area contributed by atoms with Gasteiger partial charge in [0.1, 0.15) is 11.6 Å². The zero-order chi connectivity index (χ0) is 19.4. The average Bonchev–Trinajstić information content (AvgIpc) is 2.64. The van der Waals surface area contributed by atoms with Crippen LogP contribution >= 0.6 is 0 Å². The number of carbonyl (C=O) groups is 1. The van der Waals surface area contributed by atoms with E-state index in [4.69, 9.17) is 0 Å². The zero-order valence-electron chi connectivity index (χ0n) is 14.3. The molecule has 2 N–H and O–H groups in total. The topological polar surface area (TPSA) is 88.2 Å². The lowest BCUT2D eigenvalue weighted by molar-refractivity contribution is 0.102. The van der Waals surface area contributed by atoms with Gasteiger partial charge in [0.15, 0.2) is 0 Å². The van der Waals surface area contributed by atoms with Crippen molar-refractivity contribution in [3.8, 4) is 0 Å². The molecule has 1 heterocycles. The first-order valence-electron chi connectivity index (χ1n) is 7.96. The summed E-state index contributed by atoms with van der Waals surface area (Å²) >= 11 is 0. The molecule has 0 aliphatic rings. The van der Waals surface area contributed by atoms with Gasteiger partial charge in [0, 0.05) is 6.20 Å². The molecule has 0 unspecified atom stereocenters. The highest BCUT2D eigenvalue weighted by atomic mass is 32.2. The van der Waals surface area contributed by atoms with Crippen LogP contribution in [0.5, 0.6) is 0 Å². The Labute approximate surface area is 156 Å². The van der Waals surface area contributed by atoms with Crippen LogP contribution in [0.4, 0.5) is 15.9 Å². The van der Waals surface area contributed by atoms with Crippen LogP contribution in [0.1, 0.15) is 15.9 Å². The number of pyridine rings is 1. The number of para-hydroxylation sites is 1. The minimum Gasteiger partial charge on any atom is -0.306 e. The maximum Gasteiger partial charge on any atom is 0.261 e. The minimum atomic E-state index is -3.98. The van der Waals surface area contributed by atoms with E-state index in [-0.39, 0.29) is 16.1 Å². The molecule has 0 bridgehead atoms. The number of rotatable bonds is 5. The third-order valence-corrected chi connectivity index (χ3v) is 5.07.